The molecule has 3 heteroatoms. The first-order valence-corrected chi connectivity index (χ1v) is 7.22. The largest absolute Gasteiger partial charge is 0.489 e. The second-order valence-corrected chi connectivity index (χ2v) is 5.69. The van der Waals surface area contributed by atoms with Gasteiger partial charge in [0.05, 0.1) is 0 Å². The number of nitrogens with two attached hydrogens (primary N) is 1. The summed E-state index contributed by atoms with van der Waals surface area (Å²) in [5.74, 6) is 1.41. The predicted molar refractivity (Wildman–Crippen MR) is 76.1 cm³/mol. The minimum atomic E-state index is 0.0339. The third-order valence-corrected chi connectivity index (χ3v) is 4.09. The van der Waals surface area contributed by atoms with Crippen LogP contribution in [0.4, 0.5) is 0 Å². The van der Waals surface area contributed by atoms with Crippen molar-refractivity contribution in [2.45, 2.75) is 51.2 Å². The molecule has 1 aliphatic rings. The van der Waals surface area contributed by atoms with Gasteiger partial charge < -0.3 is 10.5 Å². The van der Waals surface area contributed by atoms with Crippen molar-refractivity contribution in [2.24, 2.45) is 11.7 Å². The number of hydrogen-bond acceptors (Lipinski definition) is 2. The molecule has 0 bridgehead atoms. The summed E-state index contributed by atoms with van der Waals surface area (Å²) in [6.07, 6.45) is 6.48. The molecule has 2 nitrogen and oxygen atoms in total. The Bertz CT molecular complexity index is 377. The Hall–Kier alpha value is -0.730. The zero-order valence-corrected chi connectivity index (χ0v) is 11.7. The van der Waals surface area contributed by atoms with Crippen molar-refractivity contribution in [3.8, 4) is 5.75 Å². The fourth-order valence-corrected chi connectivity index (χ4v) is 2.92. The van der Waals surface area contributed by atoms with Gasteiger partial charge in [-0.15, -0.1) is 0 Å². The van der Waals surface area contributed by atoms with Crippen molar-refractivity contribution < 1.29 is 4.74 Å². The van der Waals surface area contributed by atoms with Crippen LogP contribution in [0.25, 0.3) is 0 Å². The zero-order valence-electron chi connectivity index (χ0n) is 10.9. The lowest BCUT2D eigenvalue weighted by molar-refractivity contribution is 0.140. The molecule has 100 valence electrons. The lowest BCUT2D eigenvalue weighted by atomic mass is 9.82. The second-order valence-electron chi connectivity index (χ2n) is 5.26. The van der Waals surface area contributed by atoms with Crippen molar-refractivity contribution in [3.63, 3.8) is 0 Å². The molecular weight excluding hydrogens is 246 g/mol. The van der Waals surface area contributed by atoms with Gasteiger partial charge in [-0.1, -0.05) is 36.9 Å². The van der Waals surface area contributed by atoms with E-state index in [2.05, 4.69) is 6.92 Å². The summed E-state index contributed by atoms with van der Waals surface area (Å²) in [5, 5.41) is 0.700. The highest BCUT2D eigenvalue weighted by Crippen LogP contribution is 2.28. The average molecular weight is 268 g/mol. The summed E-state index contributed by atoms with van der Waals surface area (Å²) in [5.41, 5.74) is 6.32. The Labute approximate surface area is 114 Å². The van der Waals surface area contributed by atoms with Crippen molar-refractivity contribution >= 4 is 11.6 Å². The number of hydrogen-bond donors (Lipinski definition) is 1. The van der Waals surface area contributed by atoms with Crippen LogP contribution in [0.3, 0.4) is 0 Å². The summed E-state index contributed by atoms with van der Waals surface area (Å²) in [4.78, 5) is 0. The molecule has 0 aromatic heterocycles. The van der Waals surface area contributed by atoms with E-state index in [1.807, 2.05) is 24.3 Å². The minimum absolute atomic E-state index is 0.0339. The topological polar surface area (TPSA) is 35.2 Å². The van der Waals surface area contributed by atoms with Gasteiger partial charge in [0.1, 0.15) is 11.9 Å². The fourth-order valence-electron chi connectivity index (χ4n) is 2.74. The number of halogens is 1. The number of ether oxygens (including phenoxy) is 1. The second kappa shape index (κ2) is 6.44. The molecule has 1 fully saturated rings. The number of rotatable bonds is 4. The molecule has 0 heterocycles. The van der Waals surface area contributed by atoms with Crippen LogP contribution in [0, 0.1) is 5.92 Å². The van der Waals surface area contributed by atoms with E-state index in [4.69, 9.17) is 22.1 Å². The summed E-state index contributed by atoms with van der Waals surface area (Å²) in [7, 11) is 0. The number of benzene rings is 1. The van der Waals surface area contributed by atoms with Crippen LogP contribution in [-0.2, 0) is 0 Å². The van der Waals surface area contributed by atoms with Gasteiger partial charge in [0.25, 0.3) is 0 Å². The Morgan fingerprint density at radius 1 is 1.28 bits per heavy atom. The van der Waals surface area contributed by atoms with E-state index in [-0.39, 0.29) is 12.1 Å². The van der Waals surface area contributed by atoms with Gasteiger partial charge in [-0.25, -0.2) is 0 Å². The highest BCUT2D eigenvalue weighted by atomic mass is 35.5. The van der Waals surface area contributed by atoms with E-state index in [0.717, 1.165) is 5.75 Å². The SMILES string of the molecule is CC(Oc1cccc(Cl)c1)C(N)C1CCCCC1. The maximum absolute atomic E-state index is 6.32. The molecule has 18 heavy (non-hydrogen) atoms. The molecule has 0 saturated heterocycles. The van der Waals surface area contributed by atoms with Gasteiger partial charge in [0.2, 0.25) is 0 Å². The molecule has 2 unspecified atom stereocenters. The Balaban J connectivity index is 1.92. The standard InChI is InChI=1S/C15H22ClNO/c1-11(15(17)12-6-3-2-4-7-12)18-14-9-5-8-13(16)10-14/h5,8-12,15H,2-4,6-7,17H2,1H3. The lowest BCUT2D eigenvalue weighted by Crippen LogP contribution is -2.43. The minimum Gasteiger partial charge on any atom is -0.489 e. The maximum Gasteiger partial charge on any atom is 0.121 e. The Morgan fingerprint density at radius 2 is 2.00 bits per heavy atom. The first-order valence-electron chi connectivity index (χ1n) is 6.84. The Morgan fingerprint density at radius 3 is 2.67 bits per heavy atom. The third kappa shape index (κ3) is 3.63. The van der Waals surface area contributed by atoms with Crippen LogP contribution in [0.5, 0.6) is 5.75 Å². The average Bonchev–Trinajstić information content (AvgIpc) is 2.39. The molecule has 0 amide bonds. The van der Waals surface area contributed by atoms with Gasteiger partial charge in [-0.3, -0.25) is 0 Å². The summed E-state index contributed by atoms with van der Waals surface area (Å²) >= 11 is 5.95. The maximum atomic E-state index is 6.32. The molecule has 0 radical (unpaired) electrons. The smallest absolute Gasteiger partial charge is 0.121 e. The van der Waals surface area contributed by atoms with Gasteiger partial charge >= 0.3 is 0 Å². The molecule has 2 atom stereocenters. The quantitative estimate of drug-likeness (QED) is 0.894. The van der Waals surface area contributed by atoms with Crippen LogP contribution in [-0.4, -0.2) is 12.1 Å². The highest BCUT2D eigenvalue weighted by Gasteiger charge is 2.26. The van der Waals surface area contributed by atoms with Crippen LogP contribution in [0.1, 0.15) is 39.0 Å². The van der Waals surface area contributed by atoms with E-state index < -0.39 is 0 Å². The monoisotopic (exact) mass is 267 g/mol. The van der Waals surface area contributed by atoms with Gasteiger partial charge in [-0.05, 0) is 43.9 Å². The Kier molecular flexibility index (Phi) is 4.90. The summed E-state index contributed by atoms with van der Waals surface area (Å²) < 4.78 is 5.90. The molecule has 2 rings (SSSR count). The van der Waals surface area contributed by atoms with Crippen molar-refractivity contribution in [3.05, 3.63) is 29.3 Å². The fraction of sp³-hybridized carbons (Fsp3) is 0.600. The van der Waals surface area contributed by atoms with Crippen LogP contribution in [0.2, 0.25) is 5.02 Å². The molecular formula is C15H22ClNO. The van der Waals surface area contributed by atoms with Gasteiger partial charge in [-0.2, -0.15) is 0 Å². The van der Waals surface area contributed by atoms with Gasteiger partial charge in [0, 0.05) is 11.1 Å². The van der Waals surface area contributed by atoms with Crippen LogP contribution in [0.15, 0.2) is 24.3 Å². The van der Waals surface area contributed by atoms with Crippen molar-refractivity contribution in [1.82, 2.24) is 0 Å². The molecule has 2 N–H and O–H groups in total. The lowest BCUT2D eigenvalue weighted by Gasteiger charge is -2.31. The predicted octanol–water partition coefficient (Wildman–Crippen LogP) is 4.01. The first kappa shape index (κ1) is 13.7. The highest BCUT2D eigenvalue weighted by molar-refractivity contribution is 6.30. The molecule has 1 aromatic rings. The van der Waals surface area contributed by atoms with E-state index in [1.165, 1.54) is 32.1 Å². The summed E-state index contributed by atoms with van der Waals surface area (Å²) in [6.45, 7) is 2.06. The normalized spacial score (nSPS) is 20.4. The molecule has 0 spiro atoms. The van der Waals surface area contributed by atoms with E-state index >= 15 is 0 Å². The molecule has 1 aromatic carbocycles. The van der Waals surface area contributed by atoms with Crippen LogP contribution < -0.4 is 10.5 Å². The van der Waals surface area contributed by atoms with E-state index in [9.17, 15) is 0 Å². The first-order chi connectivity index (χ1) is 8.66. The van der Waals surface area contributed by atoms with E-state index in [1.54, 1.807) is 0 Å². The van der Waals surface area contributed by atoms with Gasteiger partial charge in [0.15, 0.2) is 0 Å². The van der Waals surface area contributed by atoms with Crippen LogP contribution >= 0.6 is 11.6 Å². The molecule has 0 aliphatic heterocycles. The van der Waals surface area contributed by atoms with Crippen molar-refractivity contribution in [1.29, 1.82) is 0 Å². The molecule has 1 aliphatic carbocycles. The zero-order chi connectivity index (χ0) is 13.0. The third-order valence-electron chi connectivity index (χ3n) is 3.85. The van der Waals surface area contributed by atoms with E-state index in [0.29, 0.717) is 10.9 Å². The van der Waals surface area contributed by atoms with Crippen molar-refractivity contribution in [2.75, 3.05) is 0 Å². The molecule has 1 saturated carbocycles. The summed E-state index contributed by atoms with van der Waals surface area (Å²) in [6, 6.07) is 7.63.